The third-order valence-corrected chi connectivity index (χ3v) is 2.40. The first-order valence-electron chi connectivity index (χ1n) is 5.02. The summed E-state index contributed by atoms with van der Waals surface area (Å²) in [4.78, 5) is 3.74. The number of pyridine rings is 1. The first kappa shape index (κ1) is 12.4. The van der Waals surface area contributed by atoms with E-state index in [4.69, 9.17) is 26.8 Å². The van der Waals surface area contributed by atoms with Crippen LogP contribution in [0, 0.1) is 5.82 Å². The van der Waals surface area contributed by atoms with Crippen molar-refractivity contribution in [1.82, 2.24) is 4.98 Å². The highest BCUT2D eigenvalue weighted by molar-refractivity contribution is 6.30. The zero-order valence-corrected chi connectivity index (χ0v) is 10.2. The van der Waals surface area contributed by atoms with Crippen LogP contribution in [-0.4, -0.2) is 12.1 Å². The molecule has 6 heteroatoms. The molecule has 2 N–H and O–H groups in total. The van der Waals surface area contributed by atoms with Crippen LogP contribution in [0.15, 0.2) is 30.5 Å². The standard InChI is InChI=1S/C12H10ClFN2O2/c1-17-11-3-2-8(5-10(11)15)18-12-9(14)4-7(13)6-16-12/h2-6H,15H2,1H3. The molecular weight excluding hydrogens is 259 g/mol. The van der Waals surface area contributed by atoms with Gasteiger partial charge in [0.05, 0.1) is 17.8 Å². The van der Waals surface area contributed by atoms with Gasteiger partial charge in [0.15, 0.2) is 5.82 Å². The van der Waals surface area contributed by atoms with E-state index in [2.05, 4.69) is 4.98 Å². The van der Waals surface area contributed by atoms with Crippen molar-refractivity contribution in [3.63, 3.8) is 0 Å². The summed E-state index contributed by atoms with van der Waals surface area (Å²) in [6, 6.07) is 5.87. The molecule has 0 saturated heterocycles. The number of nitrogens with zero attached hydrogens (tertiary/aromatic N) is 1. The summed E-state index contributed by atoms with van der Waals surface area (Å²) >= 11 is 5.59. The van der Waals surface area contributed by atoms with Crippen molar-refractivity contribution in [2.24, 2.45) is 0 Å². The maximum Gasteiger partial charge on any atom is 0.255 e. The fraction of sp³-hybridized carbons (Fsp3) is 0.0833. The smallest absolute Gasteiger partial charge is 0.255 e. The zero-order chi connectivity index (χ0) is 13.1. The van der Waals surface area contributed by atoms with Crippen LogP contribution in [0.4, 0.5) is 10.1 Å². The molecule has 1 aromatic heterocycles. The molecule has 0 amide bonds. The summed E-state index contributed by atoms with van der Waals surface area (Å²) in [7, 11) is 1.51. The molecule has 0 fully saturated rings. The Hall–Kier alpha value is -2.01. The lowest BCUT2D eigenvalue weighted by molar-refractivity contribution is 0.409. The number of hydrogen-bond donors (Lipinski definition) is 1. The van der Waals surface area contributed by atoms with Crippen molar-refractivity contribution in [1.29, 1.82) is 0 Å². The normalized spacial score (nSPS) is 10.2. The number of halogens is 2. The van der Waals surface area contributed by atoms with Crippen molar-refractivity contribution in [3.05, 3.63) is 41.3 Å². The van der Waals surface area contributed by atoms with Crippen molar-refractivity contribution >= 4 is 17.3 Å². The van der Waals surface area contributed by atoms with E-state index in [0.29, 0.717) is 17.2 Å². The molecule has 18 heavy (non-hydrogen) atoms. The van der Waals surface area contributed by atoms with E-state index in [1.54, 1.807) is 12.1 Å². The average Bonchev–Trinajstić information content (AvgIpc) is 2.33. The zero-order valence-electron chi connectivity index (χ0n) is 9.48. The predicted octanol–water partition coefficient (Wildman–Crippen LogP) is 3.26. The molecule has 4 nitrogen and oxygen atoms in total. The molecule has 0 radical (unpaired) electrons. The van der Waals surface area contributed by atoms with Gasteiger partial charge >= 0.3 is 0 Å². The summed E-state index contributed by atoms with van der Waals surface area (Å²) in [5, 5.41) is 0.203. The number of anilines is 1. The number of nitrogen functional groups attached to an aromatic ring is 1. The number of rotatable bonds is 3. The maximum atomic E-state index is 13.5. The Kier molecular flexibility index (Phi) is 3.53. The molecule has 2 rings (SSSR count). The summed E-state index contributed by atoms with van der Waals surface area (Å²) in [6.45, 7) is 0. The van der Waals surface area contributed by atoms with Crippen LogP contribution < -0.4 is 15.2 Å². The molecule has 0 spiro atoms. The van der Waals surface area contributed by atoms with E-state index >= 15 is 0 Å². The predicted molar refractivity (Wildman–Crippen MR) is 66.7 cm³/mol. The highest BCUT2D eigenvalue weighted by Crippen LogP contribution is 2.29. The molecule has 0 bridgehead atoms. The quantitative estimate of drug-likeness (QED) is 0.868. The van der Waals surface area contributed by atoms with Crippen LogP contribution in [0.5, 0.6) is 17.4 Å². The highest BCUT2D eigenvalue weighted by atomic mass is 35.5. The third kappa shape index (κ3) is 2.62. The fourth-order valence-corrected chi connectivity index (χ4v) is 1.51. The van der Waals surface area contributed by atoms with E-state index in [0.717, 1.165) is 6.07 Å². The molecule has 0 aliphatic carbocycles. The summed E-state index contributed by atoms with van der Waals surface area (Å²) in [6.07, 6.45) is 1.30. The second-order valence-electron chi connectivity index (χ2n) is 3.45. The minimum atomic E-state index is -0.642. The van der Waals surface area contributed by atoms with Gasteiger partial charge in [-0.3, -0.25) is 0 Å². The van der Waals surface area contributed by atoms with E-state index in [-0.39, 0.29) is 10.9 Å². The van der Waals surface area contributed by atoms with E-state index in [1.165, 1.54) is 19.4 Å². The topological polar surface area (TPSA) is 57.4 Å². The molecule has 94 valence electrons. The van der Waals surface area contributed by atoms with Gasteiger partial charge in [0.25, 0.3) is 5.88 Å². The Morgan fingerprint density at radius 2 is 2.11 bits per heavy atom. The SMILES string of the molecule is COc1ccc(Oc2ncc(Cl)cc2F)cc1N. The third-order valence-electron chi connectivity index (χ3n) is 2.19. The molecule has 0 aliphatic heterocycles. The van der Waals surface area contributed by atoms with E-state index < -0.39 is 5.82 Å². The first-order chi connectivity index (χ1) is 8.60. The lowest BCUT2D eigenvalue weighted by Gasteiger charge is -2.08. The van der Waals surface area contributed by atoms with Crippen molar-refractivity contribution < 1.29 is 13.9 Å². The molecule has 0 aliphatic rings. The molecule has 1 heterocycles. The van der Waals surface area contributed by atoms with Crippen LogP contribution >= 0.6 is 11.6 Å². The summed E-state index contributed by atoms with van der Waals surface area (Å²) in [5.74, 6) is 0.0785. The first-order valence-corrected chi connectivity index (χ1v) is 5.40. The van der Waals surface area contributed by atoms with Gasteiger partial charge < -0.3 is 15.2 Å². The summed E-state index contributed by atoms with van der Waals surface area (Å²) in [5.41, 5.74) is 6.10. The van der Waals surface area contributed by atoms with Crippen molar-refractivity contribution in [2.45, 2.75) is 0 Å². The Labute approximate surface area is 108 Å². The molecular formula is C12H10ClFN2O2. The van der Waals surface area contributed by atoms with Crippen molar-refractivity contribution in [2.75, 3.05) is 12.8 Å². The van der Waals surface area contributed by atoms with Gasteiger partial charge in [0.2, 0.25) is 0 Å². The van der Waals surface area contributed by atoms with Crippen molar-refractivity contribution in [3.8, 4) is 17.4 Å². The Morgan fingerprint density at radius 3 is 2.72 bits per heavy atom. The average molecular weight is 269 g/mol. The Morgan fingerprint density at radius 1 is 1.33 bits per heavy atom. The lowest BCUT2D eigenvalue weighted by Crippen LogP contribution is -1.95. The van der Waals surface area contributed by atoms with Gasteiger partial charge in [-0.25, -0.2) is 9.37 Å². The molecule has 0 atom stereocenters. The molecule has 0 saturated carbocycles. The van der Waals surface area contributed by atoms with Gasteiger partial charge in [0, 0.05) is 12.3 Å². The van der Waals surface area contributed by atoms with Crippen LogP contribution in [-0.2, 0) is 0 Å². The number of hydrogen-bond acceptors (Lipinski definition) is 4. The Balaban J connectivity index is 2.26. The lowest BCUT2D eigenvalue weighted by atomic mass is 10.3. The number of nitrogens with two attached hydrogens (primary N) is 1. The van der Waals surface area contributed by atoms with Gasteiger partial charge in [-0.05, 0) is 18.2 Å². The fourth-order valence-electron chi connectivity index (χ4n) is 1.36. The van der Waals surface area contributed by atoms with Gasteiger partial charge in [-0.15, -0.1) is 0 Å². The van der Waals surface area contributed by atoms with Gasteiger partial charge in [-0.2, -0.15) is 0 Å². The second-order valence-corrected chi connectivity index (χ2v) is 3.88. The van der Waals surface area contributed by atoms with Crippen LogP contribution in [0.25, 0.3) is 0 Å². The van der Waals surface area contributed by atoms with Gasteiger partial charge in [0.1, 0.15) is 11.5 Å². The van der Waals surface area contributed by atoms with Crippen LogP contribution in [0.3, 0.4) is 0 Å². The maximum absolute atomic E-state index is 13.5. The summed E-state index contributed by atoms with van der Waals surface area (Å²) < 4.78 is 23.7. The van der Waals surface area contributed by atoms with E-state index in [9.17, 15) is 4.39 Å². The number of aromatic nitrogens is 1. The minimum Gasteiger partial charge on any atom is -0.495 e. The number of methoxy groups -OCH3 is 1. The largest absolute Gasteiger partial charge is 0.495 e. The highest BCUT2D eigenvalue weighted by Gasteiger charge is 2.08. The monoisotopic (exact) mass is 268 g/mol. The van der Waals surface area contributed by atoms with Gasteiger partial charge in [-0.1, -0.05) is 11.6 Å². The van der Waals surface area contributed by atoms with Crippen LogP contribution in [0.1, 0.15) is 0 Å². The second kappa shape index (κ2) is 5.10. The molecule has 1 aromatic carbocycles. The molecule has 2 aromatic rings. The van der Waals surface area contributed by atoms with E-state index in [1.807, 2.05) is 0 Å². The Bertz CT molecular complexity index is 578. The van der Waals surface area contributed by atoms with Crippen LogP contribution in [0.2, 0.25) is 5.02 Å². The minimum absolute atomic E-state index is 0.163. The molecule has 0 unspecified atom stereocenters. The number of benzene rings is 1. The number of ether oxygens (including phenoxy) is 2.